The highest BCUT2D eigenvalue weighted by atomic mass is 16.5. The van der Waals surface area contributed by atoms with Crippen LogP contribution in [0.1, 0.15) is 22.3 Å². The molecule has 4 N–H and O–H groups in total. The number of nitrogens with one attached hydrogen (secondary N) is 4. The van der Waals surface area contributed by atoms with E-state index in [0.29, 0.717) is 33.4 Å². The lowest BCUT2D eigenvalue weighted by Crippen LogP contribution is -2.43. The van der Waals surface area contributed by atoms with Crippen LogP contribution in [-0.2, 0) is 9.53 Å². The topological polar surface area (TPSA) is 147 Å². The summed E-state index contributed by atoms with van der Waals surface area (Å²) in [5.41, 5.74) is 4.09. The first kappa shape index (κ1) is 22.4. The molecule has 9 heteroatoms. The van der Waals surface area contributed by atoms with E-state index in [-0.39, 0.29) is 5.90 Å². The predicted octanol–water partition coefficient (Wildman–Crippen LogP) is 3.79. The molecule has 1 amide bonds. The summed E-state index contributed by atoms with van der Waals surface area (Å²) in [5, 5.41) is 32.0. The summed E-state index contributed by atoms with van der Waals surface area (Å²) >= 11 is 0. The Morgan fingerprint density at radius 2 is 1.81 bits per heavy atom. The minimum atomic E-state index is -1.17. The summed E-state index contributed by atoms with van der Waals surface area (Å²) in [6.07, 6.45) is 0.345. The van der Waals surface area contributed by atoms with Crippen molar-refractivity contribution in [2.75, 3.05) is 5.32 Å². The number of nitriles is 1. The number of benzodiazepines with no additional fused rings is 1. The number of anilines is 1. The molecule has 0 aliphatic carbocycles. The van der Waals surface area contributed by atoms with E-state index in [2.05, 4.69) is 26.7 Å². The first-order valence-electron chi connectivity index (χ1n) is 11.0. The zero-order chi connectivity index (χ0) is 25.1. The summed E-state index contributed by atoms with van der Waals surface area (Å²) < 4.78 is 5.42. The third kappa shape index (κ3) is 4.38. The zero-order valence-electron chi connectivity index (χ0n) is 18.8. The average molecular weight is 473 g/mol. The van der Waals surface area contributed by atoms with Gasteiger partial charge in [-0.2, -0.15) is 5.26 Å². The quantitative estimate of drug-likeness (QED) is 0.264. The summed E-state index contributed by atoms with van der Waals surface area (Å²) in [6.45, 7) is 0. The van der Waals surface area contributed by atoms with Gasteiger partial charge >= 0.3 is 0 Å². The van der Waals surface area contributed by atoms with E-state index >= 15 is 0 Å². The normalized spacial score (nSPS) is 14.5. The number of pyridine rings is 1. The highest BCUT2D eigenvalue weighted by Crippen LogP contribution is 2.24. The van der Waals surface area contributed by atoms with Gasteiger partial charge in [-0.3, -0.25) is 20.6 Å². The number of amidine groups is 1. The number of amides is 1. The predicted molar refractivity (Wildman–Crippen MR) is 136 cm³/mol. The van der Waals surface area contributed by atoms with Crippen molar-refractivity contribution in [3.8, 4) is 6.07 Å². The molecule has 0 spiro atoms. The Hall–Kier alpha value is -5.36. The molecule has 1 aliphatic rings. The number of para-hydroxylation sites is 1. The first-order chi connectivity index (χ1) is 17.5. The van der Waals surface area contributed by atoms with Crippen LogP contribution in [0.2, 0.25) is 0 Å². The number of carbonyl (C=O) groups excluding carboxylic acids is 1. The van der Waals surface area contributed by atoms with Gasteiger partial charge in [-0.1, -0.05) is 48.5 Å². The lowest BCUT2D eigenvalue weighted by atomic mass is 10.0. The number of aromatic nitrogens is 1. The van der Waals surface area contributed by atoms with Crippen molar-refractivity contribution in [1.82, 2.24) is 10.3 Å². The smallest absolute Gasteiger partial charge is 0.290 e. The zero-order valence-corrected chi connectivity index (χ0v) is 18.8. The molecule has 0 saturated heterocycles. The van der Waals surface area contributed by atoms with E-state index in [1.54, 1.807) is 30.3 Å². The number of aliphatic imine (C=N–C) groups is 1. The Bertz CT molecular complexity index is 1590. The van der Waals surface area contributed by atoms with Gasteiger partial charge in [0.15, 0.2) is 0 Å². The molecule has 3 aromatic carbocycles. The van der Waals surface area contributed by atoms with Crippen molar-refractivity contribution in [3.05, 3.63) is 107 Å². The van der Waals surface area contributed by atoms with Gasteiger partial charge in [0.25, 0.3) is 11.9 Å². The molecule has 174 valence electrons. The Balaban J connectivity index is 1.42. The van der Waals surface area contributed by atoms with Crippen LogP contribution in [0, 0.1) is 22.1 Å². The molecule has 1 aliphatic heterocycles. The van der Waals surface area contributed by atoms with Crippen molar-refractivity contribution < 1.29 is 9.53 Å². The summed E-state index contributed by atoms with van der Waals surface area (Å²) in [4.78, 5) is 21.8. The van der Waals surface area contributed by atoms with Gasteiger partial charge in [-0.25, -0.2) is 4.99 Å². The lowest BCUT2D eigenvalue weighted by Gasteiger charge is -2.16. The third-order valence-corrected chi connectivity index (χ3v) is 5.58. The van der Waals surface area contributed by atoms with Crippen LogP contribution in [-0.4, -0.2) is 34.7 Å². The van der Waals surface area contributed by atoms with Gasteiger partial charge in [-0.15, -0.1) is 0 Å². The molecule has 0 bridgehead atoms. The number of hydrogen-bond acceptors (Lipinski definition) is 7. The highest BCUT2D eigenvalue weighted by Gasteiger charge is 2.27. The molecule has 0 radical (unpaired) electrons. The van der Waals surface area contributed by atoms with Gasteiger partial charge in [0.1, 0.15) is 0 Å². The molecule has 9 nitrogen and oxygen atoms in total. The van der Waals surface area contributed by atoms with Crippen LogP contribution >= 0.6 is 0 Å². The SMILES string of the molecule is N#Cc1ccc2nccc(C(=N)OC(=N)NC3N=C(c4ccccc4)c4ccccc4NC3=O)c2c1. The molecule has 36 heavy (non-hydrogen) atoms. The second kappa shape index (κ2) is 9.48. The maximum absolute atomic E-state index is 13.0. The number of carbonyl (C=O) groups is 1. The standard InChI is InChI=1S/C27H19N7O2/c28-15-16-10-11-21-20(14-16)18(12-13-31-21)24(29)36-27(30)34-25-26(35)32-22-9-5-4-8-19(22)23(33-25)17-6-2-1-3-7-17/h1-14,25,29H,(H2,30,34)(H,32,35). The maximum atomic E-state index is 13.0. The van der Waals surface area contributed by atoms with Crippen molar-refractivity contribution in [2.24, 2.45) is 4.99 Å². The number of rotatable bonds is 3. The Kier molecular flexibility index (Phi) is 5.91. The molecule has 5 rings (SSSR count). The van der Waals surface area contributed by atoms with E-state index in [1.165, 1.54) is 6.20 Å². The van der Waals surface area contributed by atoms with Crippen LogP contribution in [0.15, 0.2) is 90.1 Å². The number of ether oxygens (including phenoxy) is 1. The van der Waals surface area contributed by atoms with E-state index < -0.39 is 18.1 Å². The number of fused-ring (bicyclic) bond motifs is 2. The first-order valence-corrected chi connectivity index (χ1v) is 11.0. The molecular formula is C27H19N7O2. The van der Waals surface area contributed by atoms with Crippen LogP contribution < -0.4 is 10.6 Å². The van der Waals surface area contributed by atoms with E-state index in [0.717, 1.165) is 11.1 Å². The minimum Gasteiger partial charge on any atom is -0.407 e. The molecule has 0 saturated carbocycles. The van der Waals surface area contributed by atoms with Gasteiger partial charge < -0.3 is 15.4 Å². The molecule has 1 atom stereocenters. The summed E-state index contributed by atoms with van der Waals surface area (Å²) in [6, 6.07) is 24.8. The van der Waals surface area contributed by atoms with Crippen LogP contribution in [0.3, 0.4) is 0 Å². The molecule has 0 fully saturated rings. The molecular weight excluding hydrogens is 454 g/mol. The lowest BCUT2D eigenvalue weighted by molar-refractivity contribution is -0.117. The average Bonchev–Trinajstić information content (AvgIpc) is 3.04. The fraction of sp³-hybridized carbons (Fsp3) is 0.0370. The van der Waals surface area contributed by atoms with Gasteiger partial charge in [0.2, 0.25) is 12.1 Å². The van der Waals surface area contributed by atoms with Gasteiger partial charge in [0.05, 0.1) is 28.5 Å². The van der Waals surface area contributed by atoms with Crippen molar-refractivity contribution in [2.45, 2.75) is 6.17 Å². The monoisotopic (exact) mass is 473 g/mol. The van der Waals surface area contributed by atoms with E-state index in [1.807, 2.05) is 48.5 Å². The van der Waals surface area contributed by atoms with Crippen LogP contribution in [0.25, 0.3) is 10.9 Å². The largest absolute Gasteiger partial charge is 0.407 e. The number of hydrogen-bond donors (Lipinski definition) is 4. The fourth-order valence-corrected chi connectivity index (χ4v) is 3.91. The second-order valence-corrected chi connectivity index (χ2v) is 7.89. The van der Waals surface area contributed by atoms with Crippen LogP contribution in [0.5, 0.6) is 0 Å². The minimum absolute atomic E-state index is 0.334. The maximum Gasteiger partial charge on any atom is 0.290 e. The molecule has 1 aromatic heterocycles. The van der Waals surface area contributed by atoms with Crippen molar-refractivity contribution >= 4 is 40.1 Å². The van der Waals surface area contributed by atoms with Crippen molar-refractivity contribution in [3.63, 3.8) is 0 Å². The summed E-state index contributed by atoms with van der Waals surface area (Å²) in [5.74, 6) is -0.805. The van der Waals surface area contributed by atoms with E-state index in [9.17, 15) is 10.1 Å². The third-order valence-electron chi connectivity index (χ3n) is 5.58. The Morgan fingerprint density at radius 1 is 1.03 bits per heavy atom. The summed E-state index contributed by atoms with van der Waals surface area (Å²) in [7, 11) is 0. The fourth-order valence-electron chi connectivity index (χ4n) is 3.91. The number of benzene rings is 3. The molecule has 1 unspecified atom stereocenters. The van der Waals surface area contributed by atoms with Crippen LogP contribution in [0.4, 0.5) is 5.69 Å². The van der Waals surface area contributed by atoms with Crippen molar-refractivity contribution in [1.29, 1.82) is 16.1 Å². The molecule has 2 heterocycles. The van der Waals surface area contributed by atoms with E-state index in [4.69, 9.17) is 15.6 Å². The second-order valence-electron chi connectivity index (χ2n) is 7.89. The van der Waals surface area contributed by atoms with Gasteiger partial charge in [0, 0.05) is 28.3 Å². The molecule has 4 aromatic rings. The Morgan fingerprint density at radius 3 is 2.61 bits per heavy atom. The number of nitrogens with zero attached hydrogens (tertiary/aromatic N) is 3. The Labute approximate surface area is 206 Å². The van der Waals surface area contributed by atoms with Gasteiger partial charge in [-0.05, 0) is 30.3 Å². The highest BCUT2D eigenvalue weighted by molar-refractivity contribution is 6.20.